The third-order valence-corrected chi connectivity index (χ3v) is 3.10. The standard InChI is InChI=1S/C12H20N6/c1-3-10(4-5-13)7-14-11-6-9(2)17-12-15-8-16-18(11)12/h6,8,10,14H,3-5,7,13H2,1-2H3. The number of anilines is 1. The third kappa shape index (κ3) is 2.76. The molecule has 0 amide bonds. The topological polar surface area (TPSA) is 81.1 Å². The van der Waals surface area contributed by atoms with Gasteiger partial charge in [0.05, 0.1) is 0 Å². The maximum Gasteiger partial charge on any atom is 0.254 e. The molecule has 6 nitrogen and oxygen atoms in total. The molecule has 6 heteroatoms. The van der Waals surface area contributed by atoms with Gasteiger partial charge in [0.15, 0.2) is 0 Å². The second kappa shape index (κ2) is 5.77. The monoisotopic (exact) mass is 248 g/mol. The summed E-state index contributed by atoms with van der Waals surface area (Å²) in [6.07, 6.45) is 3.67. The fraction of sp³-hybridized carbons (Fsp3) is 0.583. The highest BCUT2D eigenvalue weighted by Gasteiger charge is 2.08. The Bertz CT molecular complexity index is 506. The van der Waals surface area contributed by atoms with Crippen molar-refractivity contribution in [3.05, 3.63) is 18.1 Å². The molecule has 2 heterocycles. The van der Waals surface area contributed by atoms with Crippen LogP contribution in [0.1, 0.15) is 25.5 Å². The minimum atomic E-state index is 0.585. The van der Waals surface area contributed by atoms with E-state index >= 15 is 0 Å². The second-order valence-corrected chi connectivity index (χ2v) is 4.49. The van der Waals surface area contributed by atoms with Crippen molar-refractivity contribution in [2.75, 3.05) is 18.4 Å². The first-order chi connectivity index (χ1) is 8.74. The molecule has 0 fully saturated rings. The number of rotatable bonds is 6. The zero-order valence-electron chi connectivity index (χ0n) is 10.9. The van der Waals surface area contributed by atoms with Crippen molar-refractivity contribution in [3.63, 3.8) is 0 Å². The van der Waals surface area contributed by atoms with Crippen molar-refractivity contribution in [3.8, 4) is 0 Å². The molecule has 0 saturated heterocycles. The Morgan fingerprint density at radius 2 is 2.33 bits per heavy atom. The van der Waals surface area contributed by atoms with Gasteiger partial charge in [-0.05, 0) is 25.8 Å². The summed E-state index contributed by atoms with van der Waals surface area (Å²) in [7, 11) is 0. The second-order valence-electron chi connectivity index (χ2n) is 4.49. The SMILES string of the molecule is CCC(CCN)CNc1cc(C)nc2ncnn12. The molecule has 0 bridgehead atoms. The number of nitrogens with two attached hydrogens (primary N) is 1. The molecule has 0 aliphatic rings. The number of hydrogen-bond donors (Lipinski definition) is 2. The number of hydrogen-bond acceptors (Lipinski definition) is 5. The average molecular weight is 248 g/mol. The van der Waals surface area contributed by atoms with Gasteiger partial charge in [-0.25, -0.2) is 4.98 Å². The molecule has 0 aliphatic carbocycles. The van der Waals surface area contributed by atoms with Gasteiger partial charge in [0.25, 0.3) is 5.78 Å². The summed E-state index contributed by atoms with van der Waals surface area (Å²) in [5.74, 6) is 2.15. The molecule has 98 valence electrons. The van der Waals surface area contributed by atoms with Crippen molar-refractivity contribution in [1.82, 2.24) is 19.6 Å². The lowest BCUT2D eigenvalue weighted by atomic mass is 10.0. The number of fused-ring (bicyclic) bond motifs is 1. The molecular weight excluding hydrogens is 228 g/mol. The number of aromatic nitrogens is 4. The molecule has 0 radical (unpaired) electrons. The number of nitrogens with zero attached hydrogens (tertiary/aromatic N) is 4. The van der Waals surface area contributed by atoms with Crippen molar-refractivity contribution >= 4 is 11.6 Å². The van der Waals surface area contributed by atoms with Crippen LogP contribution in [0.4, 0.5) is 5.82 Å². The predicted molar refractivity (Wildman–Crippen MR) is 71.5 cm³/mol. The van der Waals surface area contributed by atoms with Gasteiger partial charge < -0.3 is 11.1 Å². The Morgan fingerprint density at radius 3 is 3.06 bits per heavy atom. The largest absolute Gasteiger partial charge is 0.370 e. The van der Waals surface area contributed by atoms with E-state index in [0.717, 1.165) is 37.4 Å². The molecule has 0 aliphatic heterocycles. The zero-order chi connectivity index (χ0) is 13.0. The molecule has 2 aromatic rings. The van der Waals surface area contributed by atoms with Crippen LogP contribution in [0.2, 0.25) is 0 Å². The minimum absolute atomic E-state index is 0.585. The highest BCUT2D eigenvalue weighted by atomic mass is 15.3. The summed E-state index contributed by atoms with van der Waals surface area (Å²) in [5, 5.41) is 7.58. The molecule has 1 unspecified atom stereocenters. The van der Waals surface area contributed by atoms with Crippen LogP contribution in [0.5, 0.6) is 0 Å². The Kier molecular flexibility index (Phi) is 4.09. The van der Waals surface area contributed by atoms with E-state index in [0.29, 0.717) is 11.7 Å². The van der Waals surface area contributed by atoms with E-state index < -0.39 is 0 Å². The van der Waals surface area contributed by atoms with E-state index in [1.54, 1.807) is 4.52 Å². The van der Waals surface area contributed by atoms with Gasteiger partial charge >= 0.3 is 0 Å². The lowest BCUT2D eigenvalue weighted by Crippen LogP contribution is -2.19. The van der Waals surface area contributed by atoms with E-state index in [4.69, 9.17) is 5.73 Å². The average Bonchev–Trinajstić information content (AvgIpc) is 2.82. The normalized spacial score (nSPS) is 12.8. The summed E-state index contributed by atoms with van der Waals surface area (Å²) < 4.78 is 1.72. The minimum Gasteiger partial charge on any atom is -0.370 e. The molecule has 2 aromatic heterocycles. The van der Waals surface area contributed by atoms with Gasteiger partial charge in [0.1, 0.15) is 12.1 Å². The molecule has 18 heavy (non-hydrogen) atoms. The van der Waals surface area contributed by atoms with Crippen molar-refractivity contribution < 1.29 is 0 Å². The Labute approximate surface area is 107 Å². The molecular formula is C12H20N6. The van der Waals surface area contributed by atoms with Gasteiger partial charge in [0.2, 0.25) is 0 Å². The van der Waals surface area contributed by atoms with E-state index in [-0.39, 0.29) is 0 Å². The van der Waals surface area contributed by atoms with Crippen LogP contribution >= 0.6 is 0 Å². The van der Waals surface area contributed by atoms with Gasteiger partial charge in [0, 0.05) is 18.3 Å². The maximum absolute atomic E-state index is 5.61. The van der Waals surface area contributed by atoms with E-state index in [1.165, 1.54) is 6.33 Å². The van der Waals surface area contributed by atoms with Crippen LogP contribution < -0.4 is 11.1 Å². The zero-order valence-corrected chi connectivity index (χ0v) is 10.9. The van der Waals surface area contributed by atoms with Crippen molar-refractivity contribution in [2.24, 2.45) is 11.7 Å². The Balaban J connectivity index is 2.13. The van der Waals surface area contributed by atoms with E-state index in [2.05, 4.69) is 27.3 Å². The Hall–Kier alpha value is -1.69. The van der Waals surface area contributed by atoms with Crippen LogP contribution in [-0.4, -0.2) is 32.7 Å². The van der Waals surface area contributed by atoms with Crippen LogP contribution in [-0.2, 0) is 0 Å². The first-order valence-electron chi connectivity index (χ1n) is 6.36. The molecule has 0 saturated carbocycles. The maximum atomic E-state index is 5.61. The molecule has 0 spiro atoms. The summed E-state index contributed by atoms with van der Waals surface area (Å²) in [5.41, 5.74) is 6.54. The van der Waals surface area contributed by atoms with Gasteiger partial charge in [-0.2, -0.15) is 14.6 Å². The van der Waals surface area contributed by atoms with Gasteiger partial charge in [-0.1, -0.05) is 13.3 Å². The summed E-state index contributed by atoms with van der Waals surface area (Å²) >= 11 is 0. The number of aryl methyl sites for hydroxylation is 1. The lowest BCUT2D eigenvalue weighted by Gasteiger charge is -2.16. The third-order valence-electron chi connectivity index (χ3n) is 3.10. The molecule has 2 rings (SSSR count). The van der Waals surface area contributed by atoms with E-state index in [9.17, 15) is 0 Å². The fourth-order valence-electron chi connectivity index (χ4n) is 1.99. The summed E-state index contributed by atoms with van der Waals surface area (Å²) in [4.78, 5) is 8.41. The van der Waals surface area contributed by atoms with Gasteiger partial charge in [-0.15, -0.1) is 0 Å². The highest BCUT2D eigenvalue weighted by Crippen LogP contribution is 2.13. The first-order valence-corrected chi connectivity index (χ1v) is 6.36. The molecule has 3 N–H and O–H groups in total. The summed E-state index contributed by atoms with van der Waals surface area (Å²) in [6, 6.07) is 1.98. The van der Waals surface area contributed by atoms with Crippen LogP contribution in [0.15, 0.2) is 12.4 Å². The fourth-order valence-corrected chi connectivity index (χ4v) is 1.99. The first kappa shape index (κ1) is 12.8. The van der Waals surface area contributed by atoms with Crippen LogP contribution in [0, 0.1) is 12.8 Å². The van der Waals surface area contributed by atoms with E-state index in [1.807, 2.05) is 13.0 Å². The van der Waals surface area contributed by atoms with Crippen molar-refractivity contribution in [2.45, 2.75) is 26.7 Å². The lowest BCUT2D eigenvalue weighted by molar-refractivity contribution is 0.500. The predicted octanol–water partition coefficient (Wildman–Crippen LogP) is 1.22. The summed E-state index contributed by atoms with van der Waals surface area (Å²) in [6.45, 7) is 5.77. The highest BCUT2D eigenvalue weighted by molar-refractivity contribution is 5.44. The van der Waals surface area contributed by atoms with Crippen molar-refractivity contribution in [1.29, 1.82) is 0 Å². The quantitative estimate of drug-likeness (QED) is 0.803. The van der Waals surface area contributed by atoms with Crippen LogP contribution in [0.25, 0.3) is 5.78 Å². The molecule has 1 atom stereocenters. The smallest absolute Gasteiger partial charge is 0.254 e. The van der Waals surface area contributed by atoms with Crippen LogP contribution in [0.3, 0.4) is 0 Å². The van der Waals surface area contributed by atoms with Gasteiger partial charge in [-0.3, -0.25) is 0 Å². The molecule has 0 aromatic carbocycles. The number of nitrogens with one attached hydrogen (secondary N) is 1. The Morgan fingerprint density at radius 1 is 1.50 bits per heavy atom.